The second kappa shape index (κ2) is 10.6. The molecule has 5 nitrogen and oxygen atoms in total. The van der Waals surface area contributed by atoms with Gasteiger partial charge < -0.3 is 19.2 Å². The Hall–Kier alpha value is -2.15. The van der Waals surface area contributed by atoms with Gasteiger partial charge in [0.1, 0.15) is 5.60 Å². The summed E-state index contributed by atoms with van der Waals surface area (Å²) in [6.07, 6.45) is -0.440. The van der Waals surface area contributed by atoms with Crippen molar-refractivity contribution in [3.05, 3.63) is 60.7 Å². The van der Waals surface area contributed by atoms with Crippen LogP contribution >= 0.6 is 0 Å². The molecule has 0 radical (unpaired) electrons. The van der Waals surface area contributed by atoms with E-state index in [0.717, 1.165) is 0 Å². The van der Waals surface area contributed by atoms with Crippen LogP contribution in [0.4, 0.5) is 4.79 Å². The summed E-state index contributed by atoms with van der Waals surface area (Å²) in [4.78, 5) is 14.4. The molecule has 1 N–H and O–H groups in total. The lowest BCUT2D eigenvalue weighted by molar-refractivity contribution is 0.00837. The number of carbonyl (C=O) groups excluding carboxylic acids is 1. The third-order valence-corrected chi connectivity index (χ3v) is 10.5. The van der Waals surface area contributed by atoms with Gasteiger partial charge in [0.25, 0.3) is 8.32 Å². The van der Waals surface area contributed by atoms with Crippen LogP contribution in [-0.4, -0.2) is 55.8 Å². The summed E-state index contributed by atoms with van der Waals surface area (Å²) >= 11 is 0. The second-order valence-electron chi connectivity index (χ2n) is 10.2. The van der Waals surface area contributed by atoms with Gasteiger partial charge in [0.05, 0.1) is 19.3 Å². The number of aliphatic hydroxyl groups is 1. The van der Waals surface area contributed by atoms with E-state index in [0.29, 0.717) is 13.2 Å². The van der Waals surface area contributed by atoms with E-state index in [4.69, 9.17) is 9.16 Å². The molecule has 0 spiro atoms. The number of ether oxygens (including phenoxy) is 1. The van der Waals surface area contributed by atoms with Crippen molar-refractivity contribution in [2.75, 3.05) is 19.8 Å². The quantitative estimate of drug-likeness (QED) is 0.604. The molecule has 6 heteroatoms. The molecule has 0 aliphatic carbocycles. The van der Waals surface area contributed by atoms with Crippen molar-refractivity contribution >= 4 is 24.8 Å². The highest BCUT2D eigenvalue weighted by Gasteiger charge is 2.50. The molecule has 0 saturated heterocycles. The zero-order valence-electron chi connectivity index (χ0n) is 20.6. The lowest BCUT2D eigenvalue weighted by Crippen LogP contribution is -2.67. The Bertz CT molecular complexity index is 804. The Morgan fingerprint density at radius 1 is 0.938 bits per heavy atom. The summed E-state index contributed by atoms with van der Waals surface area (Å²) in [5, 5.41) is 12.0. The zero-order valence-corrected chi connectivity index (χ0v) is 21.6. The molecule has 0 aliphatic heterocycles. The van der Waals surface area contributed by atoms with E-state index < -0.39 is 20.0 Å². The molecule has 2 rings (SSSR count). The second-order valence-corrected chi connectivity index (χ2v) is 14.5. The van der Waals surface area contributed by atoms with Crippen LogP contribution in [0.1, 0.15) is 48.5 Å². The molecule has 1 atom stereocenters. The fourth-order valence-corrected chi connectivity index (χ4v) is 8.52. The Balaban J connectivity index is 2.39. The Morgan fingerprint density at radius 3 is 1.78 bits per heavy atom. The molecule has 2 aromatic rings. The van der Waals surface area contributed by atoms with Gasteiger partial charge in [0, 0.05) is 6.54 Å². The van der Waals surface area contributed by atoms with Crippen molar-refractivity contribution in [1.82, 2.24) is 4.90 Å². The number of benzene rings is 2. The van der Waals surface area contributed by atoms with E-state index >= 15 is 0 Å². The number of nitrogens with zero attached hydrogens (tertiary/aromatic N) is 1. The predicted molar refractivity (Wildman–Crippen MR) is 133 cm³/mol. The van der Waals surface area contributed by atoms with Gasteiger partial charge in [-0.1, -0.05) is 81.4 Å². The maximum Gasteiger partial charge on any atom is 0.410 e. The summed E-state index contributed by atoms with van der Waals surface area (Å²) in [5.41, 5.74) is -0.608. The molecule has 176 valence electrons. The third-order valence-electron chi connectivity index (χ3n) is 5.49. The SMILES string of the molecule is C[C@@H](CO)N(CCO[Si](c1ccccc1)(c1ccccc1)C(C)(C)C)C(=O)OC(C)(C)C. The van der Waals surface area contributed by atoms with E-state index in [2.05, 4.69) is 69.3 Å². The molecule has 0 aliphatic rings. The van der Waals surface area contributed by atoms with Crippen LogP contribution in [0.15, 0.2) is 60.7 Å². The lowest BCUT2D eigenvalue weighted by Gasteiger charge is -2.43. The molecule has 32 heavy (non-hydrogen) atoms. The van der Waals surface area contributed by atoms with E-state index in [-0.39, 0.29) is 17.7 Å². The number of rotatable bonds is 8. The largest absolute Gasteiger partial charge is 0.444 e. The van der Waals surface area contributed by atoms with Crippen LogP contribution in [0.25, 0.3) is 0 Å². The van der Waals surface area contributed by atoms with Gasteiger partial charge in [-0.2, -0.15) is 0 Å². The van der Waals surface area contributed by atoms with E-state index in [1.807, 2.05) is 39.8 Å². The maximum atomic E-state index is 12.8. The molecule has 0 unspecified atom stereocenters. The number of hydrogen-bond acceptors (Lipinski definition) is 4. The summed E-state index contributed by atoms with van der Waals surface area (Å²) in [6.45, 7) is 14.5. The molecule has 0 fully saturated rings. The minimum Gasteiger partial charge on any atom is -0.444 e. The number of hydrogen-bond donors (Lipinski definition) is 1. The smallest absolute Gasteiger partial charge is 0.410 e. The van der Waals surface area contributed by atoms with Gasteiger partial charge in [-0.15, -0.1) is 0 Å². The van der Waals surface area contributed by atoms with Gasteiger partial charge in [-0.3, -0.25) is 0 Å². The Labute approximate surface area is 194 Å². The highest BCUT2D eigenvalue weighted by Crippen LogP contribution is 2.36. The topological polar surface area (TPSA) is 59.0 Å². The summed E-state index contributed by atoms with van der Waals surface area (Å²) in [7, 11) is -2.68. The molecular weight excluding hydrogens is 418 g/mol. The highest BCUT2D eigenvalue weighted by molar-refractivity contribution is 6.99. The minimum atomic E-state index is -2.68. The molecule has 0 saturated carbocycles. The number of aliphatic hydroxyl groups excluding tert-OH is 1. The fourth-order valence-electron chi connectivity index (χ4n) is 3.97. The molecule has 0 heterocycles. The third kappa shape index (κ3) is 6.21. The van der Waals surface area contributed by atoms with Crippen LogP contribution in [-0.2, 0) is 9.16 Å². The molecule has 0 bridgehead atoms. The van der Waals surface area contributed by atoms with E-state index in [9.17, 15) is 9.90 Å². The monoisotopic (exact) mass is 457 g/mol. The maximum absolute atomic E-state index is 12.8. The summed E-state index contributed by atoms with van der Waals surface area (Å²) in [5.74, 6) is 0. The average molecular weight is 458 g/mol. The normalized spacial score (nSPS) is 13.5. The standard InChI is InChI=1S/C26H39NO4Si/c1-21(20-28)27(24(29)31-25(2,3)4)18-19-30-32(26(5,6)7,22-14-10-8-11-15-22)23-16-12-9-13-17-23/h8-17,21,28H,18-20H2,1-7H3/t21-/m0/s1. The van der Waals surface area contributed by atoms with Gasteiger partial charge >= 0.3 is 6.09 Å². The van der Waals surface area contributed by atoms with Crippen molar-refractivity contribution in [3.8, 4) is 0 Å². The Morgan fingerprint density at radius 2 is 1.41 bits per heavy atom. The van der Waals surface area contributed by atoms with Crippen LogP contribution in [0, 0.1) is 0 Å². The first kappa shape index (κ1) is 26.1. The van der Waals surface area contributed by atoms with E-state index in [1.165, 1.54) is 10.4 Å². The average Bonchev–Trinajstić information content (AvgIpc) is 2.72. The van der Waals surface area contributed by atoms with Crippen molar-refractivity contribution in [3.63, 3.8) is 0 Å². The van der Waals surface area contributed by atoms with Crippen LogP contribution in [0.3, 0.4) is 0 Å². The molecule has 1 amide bonds. The lowest BCUT2D eigenvalue weighted by atomic mass is 10.2. The zero-order chi connectivity index (χ0) is 24.0. The highest BCUT2D eigenvalue weighted by atomic mass is 28.4. The Kier molecular flexibility index (Phi) is 8.68. The molecule has 2 aromatic carbocycles. The van der Waals surface area contributed by atoms with Crippen molar-refractivity contribution in [2.24, 2.45) is 0 Å². The molecule has 0 aromatic heterocycles. The van der Waals surface area contributed by atoms with Gasteiger partial charge in [-0.05, 0) is 43.1 Å². The van der Waals surface area contributed by atoms with Crippen molar-refractivity contribution in [2.45, 2.75) is 65.1 Å². The minimum absolute atomic E-state index is 0.140. The number of carbonyl (C=O) groups is 1. The fraction of sp³-hybridized carbons (Fsp3) is 0.500. The first-order valence-electron chi connectivity index (χ1n) is 11.3. The van der Waals surface area contributed by atoms with Crippen LogP contribution < -0.4 is 10.4 Å². The molecular formula is C26H39NO4Si. The number of amides is 1. The summed E-state index contributed by atoms with van der Waals surface area (Å²) in [6, 6.07) is 20.5. The van der Waals surface area contributed by atoms with Crippen LogP contribution in [0.5, 0.6) is 0 Å². The van der Waals surface area contributed by atoms with Gasteiger partial charge in [-0.25, -0.2) is 4.79 Å². The van der Waals surface area contributed by atoms with Crippen LogP contribution in [0.2, 0.25) is 5.04 Å². The summed E-state index contributed by atoms with van der Waals surface area (Å²) < 4.78 is 12.5. The first-order valence-corrected chi connectivity index (χ1v) is 13.2. The first-order chi connectivity index (χ1) is 14.9. The van der Waals surface area contributed by atoms with E-state index in [1.54, 1.807) is 4.90 Å². The predicted octanol–water partition coefficient (Wildman–Crippen LogP) is 4.18. The van der Waals surface area contributed by atoms with Gasteiger partial charge in [0.15, 0.2) is 0 Å². The van der Waals surface area contributed by atoms with Gasteiger partial charge in [0.2, 0.25) is 0 Å². The van der Waals surface area contributed by atoms with Crippen molar-refractivity contribution in [1.29, 1.82) is 0 Å². The van der Waals surface area contributed by atoms with Crippen molar-refractivity contribution < 1.29 is 19.1 Å².